The van der Waals surface area contributed by atoms with Gasteiger partial charge in [0.25, 0.3) is 11.8 Å². The third-order valence-corrected chi connectivity index (χ3v) is 7.73. The molecule has 2 amide bonds. The van der Waals surface area contributed by atoms with Crippen LogP contribution in [0.25, 0.3) is 0 Å². The van der Waals surface area contributed by atoms with Gasteiger partial charge >= 0.3 is 0 Å². The van der Waals surface area contributed by atoms with Crippen molar-refractivity contribution in [2.45, 2.75) is 57.5 Å². The zero-order chi connectivity index (χ0) is 24.9. The molecule has 1 spiro atoms. The van der Waals surface area contributed by atoms with Crippen molar-refractivity contribution < 1.29 is 32.3 Å². The lowest BCUT2D eigenvalue weighted by molar-refractivity contribution is -0.137. The average molecular weight is 489 g/mol. The summed E-state index contributed by atoms with van der Waals surface area (Å²) in [5.41, 5.74) is -0.678. The molecule has 1 aromatic rings. The van der Waals surface area contributed by atoms with Crippen LogP contribution in [-0.2, 0) is 25.7 Å². The Morgan fingerprint density at radius 1 is 1.20 bits per heavy atom. The number of nitrogens with one attached hydrogen (secondary N) is 1. The van der Waals surface area contributed by atoms with Crippen molar-refractivity contribution in [1.82, 2.24) is 10.2 Å². The van der Waals surface area contributed by atoms with E-state index in [1.807, 2.05) is 11.8 Å². The molecule has 186 valence electrons. The normalized spacial score (nSPS) is 27.1. The van der Waals surface area contributed by atoms with Crippen LogP contribution in [0.1, 0.15) is 51.0 Å². The van der Waals surface area contributed by atoms with E-state index in [4.69, 9.17) is 4.74 Å². The van der Waals surface area contributed by atoms with Gasteiger partial charge in [-0.25, -0.2) is 13.2 Å². The molecule has 1 N–H and O–H groups in total. The summed E-state index contributed by atoms with van der Waals surface area (Å²) in [6, 6.07) is 1.05. The van der Waals surface area contributed by atoms with Crippen LogP contribution >= 0.6 is 0 Å². The number of rotatable bonds is 7. The van der Waals surface area contributed by atoms with Gasteiger partial charge in [-0.2, -0.15) is 0 Å². The maximum absolute atomic E-state index is 14.0. The molecule has 3 atom stereocenters. The van der Waals surface area contributed by atoms with Gasteiger partial charge in [-0.15, -0.1) is 0 Å². The van der Waals surface area contributed by atoms with E-state index in [1.54, 1.807) is 0 Å². The van der Waals surface area contributed by atoms with E-state index in [0.29, 0.717) is 43.0 Å². The van der Waals surface area contributed by atoms with Gasteiger partial charge in [0.2, 0.25) is 5.78 Å². The Labute approximate surface area is 201 Å². The second-order valence-electron chi connectivity index (χ2n) is 9.94. The molecule has 5 rings (SSSR count). The van der Waals surface area contributed by atoms with Crippen LogP contribution in [0.2, 0.25) is 0 Å². The summed E-state index contributed by atoms with van der Waals surface area (Å²) in [6.07, 6.45) is 6.48. The van der Waals surface area contributed by atoms with Crippen LogP contribution in [0.15, 0.2) is 35.1 Å². The van der Waals surface area contributed by atoms with Gasteiger partial charge in [0.15, 0.2) is 5.76 Å². The van der Waals surface area contributed by atoms with Crippen molar-refractivity contribution in [1.29, 1.82) is 0 Å². The van der Waals surface area contributed by atoms with Gasteiger partial charge in [0, 0.05) is 42.2 Å². The van der Waals surface area contributed by atoms with Gasteiger partial charge < -0.3 is 15.0 Å². The standard InChI is InChI=1S/C26H27F3N2O4/c1-2-3-6-35-23-21-15(11-26-5-4-14(10-26)13-31(26)25(21)34)7-17(22(23)32)24(33)30-12-18-19(28)8-16(27)9-20(18)29/h7-9,14-15H,2-6,10-13H2,1H3,(H,30,33)/t14-,15?,26+/m0/s1. The summed E-state index contributed by atoms with van der Waals surface area (Å²) in [6.45, 7) is 2.32. The Balaban J connectivity index is 1.43. The van der Waals surface area contributed by atoms with Crippen molar-refractivity contribution in [3.63, 3.8) is 0 Å². The fraction of sp³-hybridized carbons (Fsp3) is 0.500. The Morgan fingerprint density at radius 3 is 2.63 bits per heavy atom. The Morgan fingerprint density at radius 2 is 1.94 bits per heavy atom. The number of ether oxygens (including phenoxy) is 1. The predicted molar refractivity (Wildman–Crippen MR) is 119 cm³/mol. The number of carbonyl (C=O) groups is 3. The molecule has 4 aliphatic rings. The summed E-state index contributed by atoms with van der Waals surface area (Å²) in [5, 5.41) is 2.37. The van der Waals surface area contributed by atoms with E-state index in [2.05, 4.69) is 5.32 Å². The third-order valence-electron chi connectivity index (χ3n) is 7.73. The second kappa shape index (κ2) is 8.84. The number of amides is 2. The minimum Gasteiger partial charge on any atom is -0.489 e. The molecule has 1 aromatic carbocycles. The van der Waals surface area contributed by atoms with Crippen molar-refractivity contribution in [3.8, 4) is 0 Å². The summed E-state index contributed by atoms with van der Waals surface area (Å²) in [4.78, 5) is 41.7. The number of hydrogen-bond acceptors (Lipinski definition) is 4. The molecule has 3 fully saturated rings. The number of carbonyl (C=O) groups excluding carboxylic acids is 3. The molecule has 2 heterocycles. The van der Waals surface area contributed by atoms with Gasteiger partial charge in [-0.05, 0) is 38.0 Å². The topological polar surface area (TPSA) is 75.7 Å². The molecule has 35 heavy (non-hydrogen) atoms. The van der Waals surface area contributed by atoms with E-state index in [9.17, 15) is 27.6 Å². The first-order valence-corrected chi connectivity index (χ1v) is 12.1. The second-order valence-corrected chi connectivity index (χ2v) is 9.94. The number of piperidine rings is 2. The van der Waals surface area contributed by atoms with E-state index in [0.717, 1.165) is 25.7 Å². The maximum atomic E-state index is 14.0. The highest BCUT2D eigenvalue weighted by molar-refractivity contribution is 6.27. The number of nitrogens with zero attached hydrogens (tertiary/aromatic N) is 1. The molecule has 2 saturated heterocycles. The minimum atomic E-state index is -1.13. The lowest BCUT2D eigenvalue weighted by atomic mass is 9.73. The molecule has 9 heteroatoms. The van der Waals surface area contributed by atoms with Crippen LogP contribution < -0.4 is 5.32 Å². The summed E-state index contributed by atoms with van der Waals surface area (Å²) in [5.74, 6) is -5.17. The van der Waals surface area contributed by atoms with Crippen molar-refractivity contribution in [2.75, 3.05) is 13.2 Å². The highest BCUT2D eigenvalue weighted by Gasteiger charge is 2.58. The third kappa shape index (κ3) is 3.94. The Hall–Kier alpha value is -3.10. The Bertz CT molecular complexity index is 1150. The predicted octanol–water partition coefficient (Wildman–Crippen LogP) is 3.70. The molecular formula is C26H27F3N2O4. The monoisotopic (exact) mass is 488 g/mol. The molecule has 2 bridgehead atoms. The number of allylic oxidation sites excluding steroid dienone is 2. The van der Waals surface area contributed by atoms with Gasteiger partial charge in [0.05, 0.1) is 17.8 Å². The SMILES string of the molecule is CCCCOC1=C2C(=O)N3C[C@H]4CC[C@]3(CC2C=C(C(=O)NCc2c(F)cc(F)cc2F)C1=O)C4. The van der Waals surface area contributed by atoms with Crippen LogP contribution in [0, 0.1) is 29.3 Å². The lowest BCUT2D eigenvalue weighted by Crippen LogP contribution is -2.55. The van der Waals surface area contributed by atoms with Crippen LogP contribution in [0.4, 0.5) is 13.2 Å². The van der Waals surface area contributed by atoms with E-state index >= 15 is 0 Å². The number of benzene rings is 1. The van der Waals surface area contributed by atoms with Gasteiger partial charge in [-0.3, -0.25) is 14.4 Å². The summed E-state index contributed by atoms with van der Waals surface area (Å²) >= 11 is 0. The molecular weight excluding hydrogens is 461 g/mol. The van der Waals surface area contributed by atoms with E-state index in [1.165, 1.54) is 6.08 Å². The fourth-order valence-electron chi connectivity index (χ4n) is 6.05. The molecule has 6 nitrogen and oxygen atoms in total. The first-order chi connectivity index (χ1) is 16.7. The van der Waals surface area contributed by atoms with Crippen LogP contribution in [0.3, 0.4) is 0 Å². The molecule has 2 aliphatic heterocycles. The van der Waals surface area contributed by atoms with Crippen LogP contribution in [0.5, 0.6) is 0 Å². The van der Waals surface area contributed by atoms with Crippen molar-refractivity contribution in [3.05, 3.63) is 58.1 Å². The lowest BCUT2D eigenvalue weighted by Gasteiger charge is -2.47. The number of unbranched alkanes of at least 4 members (excludes halogenated alkanes) is 1. The van der Waals surface area contributed by atoms with Crippen molar-refractivity contribution in [2.24, 2.45) is 11.8 Å². The number of fused-ring (bicyclic) bond motifs is 2. The van der Waals surface area contributed by atoms with Crippen molar-refractivity contribution >= 4 is 17.6 Å². The highest BCUT2D eigenvalue weighted by atomic mass is 19.1. The number of Topliss-reactive ketones (excluding diaryl/α,β-unsaturated/α-hetero) is 1. The maximum Gasteiger partial charge on any atom is 0.255 e. The smallest absolute Gasteiger partial charge is 0.255 e. The first kappa shape index (κ1) is 23.6. The zero-order valence-corrected chi connectivity index (χ0v) is 19.5. The Kier molecular flexibility index (Phi) is 5.97. The van der Waals surface area contributed by atoms with Gasteiger partial charge in [-0.1, -0.05) is 19.4 Å². The minimum absolute atomic E-state index is 0.0992. The fourth-order valence-corrected chi connectivity index (χ4v) is 6.05. The molecule has 1 unspecified atom stereocenters. The van der Waals surface area contributed by atoms with E-state index in [-0.39, 0.29) is 29.4 Å². The largest absolute Gasteiger partial charge is 0.489 e. The molecule has 2 aliphatic carbocycles. The quantitative estimate of drug-likeness (QED) is 0.469. The molecule has 0 aromatic heterocycles. The average Bonchev–Trinajstić information content (AvgIpc) is 3.37. The molecule has 0 radical (unpaired) electrons. The summed E-state index contributed by atoms with van der Waals surface area (Å²) in [7, 11) is 0. The first-order valence-electron chi connectivity index (χ1n) is 12.1. The van der Waals surface area contributed by atoms with Gasteiger partial charge in [0.1, 0.15) is 17.5 Å². The highest BCUT2D eigenvalue weighted by Crippen LogP contribution is 2.55. The summed E-state index contributed by atoms with van der Waals surface area (Å²) < 4.78 is 47.0. The number of hydrogen-bond donors (Lipinski definition) is 1. The number of ketones is 1. The number of halogens is 3. The molecule has 1 saturated carbocycles. The zero-order valence-electron chi connectivity index (χ0n) is 19.5. The van der Waals surface area contributed by atoms with E-state index < -0.39 is 47.2 Å². The van der Waals surface area contributed by atoms with Crippen LogP contribution in [-0.4, -0.2) is 41.2 Å².